The molecule has 4 nitrogen and oxygen atoms in total. The Labute approximate surface area is 180 Å². The van der Waals surface area contributed by atoms with Crippen molar-refractivity contribution in [2.24, 2.45) is 11.3 Å². The van der Waals surface area contributed by atoms with Crippen molar-refractivity contribution < 1.29 is 19.8 Å². The van der Waals surface area contributed by atoms with Crippen molar-refractivity contribution in [3.8, 4) is 0 Å². The number of benzene rings is 1. The lowest BCUT2D eigenvalue weighted by Gasteiger charge is -2.46. The molecule has 0 radical (unpaired) electrons. The van der Waals surface area contributed by atoms with Crippen molar-refractivity contribution in [2.45, 2.75) is 89.6 Å². The normalized spacial score (nSPS) is 24.1. The fourth-order valence-electron chi connectivity index (χ4n) is 5.40. The Bertz CT molecular complexity index is 745. The Balaban J connectivity index is 1.61. The average Bonchev–Trinajstić information content (AvgIpc) is 3.07. The molecular weight excluding hydrogens is 376 g/mol. The molecule has 2 fully saturated rings. The van der Waals surface area contributed by atoms with E-state index in [0.29, 0.717) is 18.6 Å². The monoisotopic (exact) mass is 412 g/mol. The Morgan fingerprint density at radius 3 is 2.57 bits per heavy atom. The van der Waals surface area contributed by atoms with E-state index in [4.69, 9.17) is 5.11 Å². The van der Waals surface area contributed by atoms with Gasteiger partial charge < -0.3 is 10.2 Å². The van der Waals surface area contributed by atoms with Crippen LogP contribution in [0.3, 0.4) is 0 Å². The smallest absolute Gasteiger partial charge is 0.303 e. The van der Waals surface area contributed by atoms with Gasteiger partial charge in [-0.25, -0.2) is 0 Å². The van der Waals surface area contributed by atoms with Crippen LogP contribution in [-0.2, 0) is 9.59 Å². The van der Waals surface area contributed by atoms with Crippen LogP contribution in [-0.4, -0.2) is 22.0 Å². The number of unbranched alkanes of at least 4 members (excludes halogenated alkanes) is 1. The van der Waals surface area contributed by atoms with Crippen LogP contribution < -0.4 is 0 Å². The second-order valence-electron chi connectivity index (χ2n) is 9.25. The first kappa shape index (κ1) is 22.7. The number of hydrogen-bond donors (Lipinski definition) is 2. The number of carboxylic acids is 1. The number of carboxylic acid groups (broad SMARTS) is 1. The molecule has 0 heterocycles. The second kappa shape index (κ2) is 10.4. The lowest BCUT2D eigenvalue weighted by Crippen LogP contribution is -2.36. The first-order valence-corrected chi connectivity index (χ1v) is 11.6. The molecule has 30 heavy (non-hydrogen) atoms. The van der Waals surface area contributed by atoms with E-state index in [2.05, 4.69) is 31.2 Å². The molecule has 2 N–H and O–H groups in total. The molecule has 4 heteroatoms. The summed E-state index contributed by atoms with van der Waals surface area (Å²) in [5, 5.41) is 19.7. The predicted molar refractivity (Wildman–Crippen MR) is 118 cm³/mol. The molecule has 0 aromatic heterocycles. The molecule has 0 spiro atoms. The Morgan fingerprint density at radius 1 is 1.23 bits per heavy atom. The van der Waals surface area contributed by atoms with Gasteiger partial charge in [0.1, 0.15) is 5.78 Å². The van der Waals surface area contributed by atoms with Crippen LogP contribution in [0, 0.1) is 11.3 Å². The number of carbonyl (C=O) groups excluding carboxylic acids is 1. The number of carbonyl (C=O) groups is 2. The highest BCUT2D eigenvalue weighted by atomic mass is 16.4. The summed E-state index contributed by atoms with van der Waals surface area (Å²) < 4.78 is 0. The minimum absolute atomic E-state index is 0.00885. The first-order chi connectivity index (χ1) is 14.5. The third-order valence-electron chi connectivity index (χ3n) is 7.28. The lowest BCUT2D eigenvalue weighted by molar-refractivity contribution is -0.137. The number of allylic oxidation sites excluding steroid dienone is 2. The summed E-state index contributed by atoms with van der Waals surface area (Å²) in [6.45, 7) is 2.19. The zero-order valence-electron chi connectivity index (χ0n) is 18.2. The maximum absolute atomic E-state index is 12.4. The summed E-state index contributed by atoms with van der Waals surface area (Å²) >= 11 is 0. The maximum Gasteiger partial charge on any atom is 0.303 e. The van der Waals surface area contributed by atoms with Gasteiger partial charge in [0.2, 0.25) is 0 Å². The third-order valence-corrected chi connectivity index (χ3v) is 7.28. The van der Waals surface area contributed by atoms with Gasteiger partial charge in [-0.2, -0.15) is 0 Å². The van der Waals surface area contributed by atoms with Crippen LogP contribution in [0.4, 0.5) is 0 Å². The molecule has 2 saturated carbocycles. The molecule has 1 unspecified atom stereocenters. The van der Waals surface area contributed by atoms with Gasteiger partial charge in [-0.05, 0) is 62.0 Å². The van der Waals surface area contributed by atoms with Crippen molar-refractivity contribution in [1.29, 1.82) is 0 Å². The molecule has 1 aromatic rings. The number of ketones is 1. The van der Waals surface area contributed by atoms with Gasteiger partial charge in [-0.1, -0.05) is 56.2 Å². The first-order valence-electron chi connectivity index (χ1n) is 11.6. The fraction of sp³-hybridized carbons (Fsp3) is 0.615. The third kappa shape index (κ3) is 5.21. The SMILES string of the molecule is CCCC1([C@@H](O)c2ccc([C@H]3CCC(=O)C3CC=CCCCC(=O)O)cc2)CCC1. The number of rotatable bonds is 11. The van der Waals surface area contributed by atoms with Crippen LogP contribution >= 0.6 is 0 Å². The van der Waals surface area contributed by atoms with Gasteiger partial charge >= 0.3 is 5.97 Å². The lowest BCUT2D eigenvalue weighted by atomic mass is 9.61. The van der Waals surface area contributed by atoms with E-state index >= 15 is 0 Å². The van der Waals surface area contributed by atoms with Gasteiger partial charge in [0, 0.05) is 24.2 Å². The topological polar surface area (TPSA) is 74.6 Å². The molecule has 3 atom stereocenters. The highest BCUT2D eigenvalue weighted by Gasteiger charge is 2.43. The minimum atomic E-state index is -0.763. The molecule has 0 bridgehead atoms. The van der Waals surface area contributed by atoms with E-state index in [0.717, 1.165) is 50.5 Å². The van der Waals surface area contributed by atoms with Crippen LogP contribution in [0.15, 0.2) is 36.4 Å². The van der Waals surface area contributed by atoms with E-state index in [-0.39, 0.29) is 23.7 Å². The molecular formula is C26H36O4. The molecule has 1 aromatic carbocycles. The van der Waals surface area contributed by atoms with Crippen LogP contribution in [0.5, 0.6) is 0 Å². The number of aliphatic carboxylic acids is 1. The summed E-state index contributed by atoms with van der Waals surface area (Å²) in [6, 6.07) is 8.36. The Morgan fingerprint density at radius 2 is 1.97 bits per heavy atom. The highest BCUT2D eigenvalue weighted by Crippen LogP contribution is 2.53. The minimum Gasteiger partial charge on any atom is -0.481 e. The van der Waals surface area contributed by atoms with E-state index in [9.17, 15) is 14.7 Å². The maximum atomic E-state index is 12.4. The van der Waals surface area contributed by atoms with Gasteiger partial charge in [0.15, 0.2) is 0 Å². The zero-order chi connectivity index (χ0) is 21.6. The van der Waals surface area contributed by atoms with Gasteiger partial charge in [-0.3, -0.25) is 9.59 Å². The van der Waals surface area contributed by atoms with Crippen molar-refractivity contribution in [3.05, 3.63) is 47.5 Å². The standard InChI is InChI=1S/C26H36O4/c1-2-16-26(17-7-18-26)25(30)20-12-10-19(11-13-20)21-14-15-23(27)22(21)8-5-3-4-6-9-24(28)29/h3,5,10-13,21-22,25,30H,2,4,6-9,14-18H2,1H3,(H,28,29)/t21-,22?,25+/m1/s1. The fourth-order valence-corrected chi connectivity index (χ4v) is 5.40. The van der Waals surface area contributed by atoms with Crippen molar-refractivity contribution >= 4 is 11.8 Å². The number of hydrogen-bond acceptors (Lipinski definition) is 3. The van der Waals surface area contributed by atoms with Crippen LogP contribution in [0.25, 0.3) is 0 Å². The van der Waals surface area contributed by atoms with Crippen molar-refractivity contribution in [3.63, 3.8) is 0 Å². The quantitative estimate of drug-likeness (QED) is 0.348. The molecule has 2 aliphatic rings. The van der Waals surface area contributed by atoms with Gasteiger partial charge in [-0.15, -0.1) is 0 Å². The van der Waals surface area contributed by atoms with Crippen molar-refractivity contribution in [2.75, 3.05) is 0 Å². The largest absolute Gasteiger partial charge is 0.481 e. The number of Topliss-reactive ketones (excluding diaryl/α,β-unsaturated/α-hetero) is 1. The zero-order valence-corrected chi connectivity index (χ0v) is 18.2. The summed E-state index contributed by atoms with van der Waals surface area (Å²) in [6.07, 6.45) is 13.1. The number of aliphatic hydroxyl groups excluding tert-OH is 1. The average molecular weight is 413 g/mol. The molecule has 0 saturated heterocycles. The molecule has 2 aliphatic carbocycles. The Hall–Kier alpha value is -1.94. The van der Waals surface area contributed by atoms with Crippen molar-refractivity contribution in [1.82, 2.24) is 0 Å². The molecule has 164 valence electrons. The van der Waals surface area contributed by atoms with E-state index in [1.54, 1.807) is 0 Å². The number of aliphatic hydroxyl groups is 1. The molecule has 0 amide bonds. The second-order valence-corrected chi connectivity index (χ2v) is 9.25. The highest BCUT2D eigenvalue weighted by molar-refractivity contribution is 5.84. The Kier molecular flexibility index (Phi) is 7.87. The van der Waals surface area contributed by atoms with E-state index < -0.39 is 12.1 Å². The van der Waals surface area contributed by atoms with Crippen LogP contribution in [0.1, 0.15) is 101 Å². The van der Waals surface area contributed by atoms with E-state index in [1.807, 2.05) is 12.2 Å². The van der Waals surface area contributed by atoms with Gasteiger partial charge in [0.05, 0.1) is 6.10 Å². The summed E-state index contributed by atoms with van der Waals surface area (Å²) in [4.78, 5) is 23.0. The predicted octanol–water partition coefficient (Wildman–Crippen LogP) is 5.95. The van der Waals surface area contributed by atoms with Crippen LogP contribution in [0.2, 0.25) is 0 Å². The van der Waals surface area contributed by atoms with Gasteiger partial charge in [0.25, 0.3) is 0 Å². The molecule has 0 aliphatic heterocycles. The summed E-state index contributed by atoms with van der Waals surface area (Å²) in [5.74, 6) is -0.188. The summed E-state index contributed by atoms with van der Waals surface area (Å²) in [7, 11) is 0. The van der Waals surface area contributed by atoms with E-state index in [1.165, 1.54) is 12.0 Å². The summed E-state index contributed by atoms with van der Waals surface area (Å²) in [5.41, 5.74) is 2.26. The molecule has 3 rings (SSSR count).